The van der Waals surface area contributed by atoms with Crippen molar-refractivity contribution in [3.05, 3.63) is 48.5 Å². The van der Waals surface area contributed by atoms with Crippen LogP contribution in [0.1, 0.15) is 0 Å². The molecule has 0 radical (unpaired) electrons. The number of anilines is 3. The van der Waals surface area contributed by atoms with Crippen LogP contribution in [0.4, 0.5) is 17.1 Å². The molecule has 4 N–H and O–H groups in total. The van der Waals surface area contributed by atoms with Gasteiger partial charge in [-0.15, -0.1) is 0 Å². The number of benzene rings is 3. The first-order valence-corrected chi connectivity index (χ1v) is 12.0. The number of nitrogens with one attached hydrogen (secondary N) is 2. The quantitative estimate of drug-likeness (QED) is 0.583. The van der Waals surface area contributed by atoms with Gasteiger partial charge in [-0.3, -0.25) is 0 Å². The van der Waals surface area contributed by atoms with E-state index in [9.17, 15) is 8.42 Å². The zero-order chi connectivity index (χ0) is 22.0. The third-order valence-corrected chi connectivity index (χ3v) is 6.65. The molecule has 0 saturated carbocycles. The van der Waals surface area contributed by atoms with Gasteiger partial charge >= 0.3 is 0 Å². The van der Waals surface area contributed by atoms with Crippen molar-refractivity contribution < 1.29 is 23.4 Å². The Morgan fingerprint density at radius 1 is 0.938 bits per heavy atom. The van der Waals surface area contributed by atoms with Crippen molar-refractivity contribution in [3.63, 3.8) is 0 Å². The van der Waals surface area contributed by atoms with E-state index < -0.39 is 9.84 Å². The monoisotopic (exact) mass is 459 g/mol. The van der Waals surface area contributed by atoms with E-state index in [1.165, 1.54) is 6.26 Å². The molecule has 8 nitrogen and oxygen atoms in total. The van der Waals surface area contributed by atoms with Crippen LogP contribution in [0.5, 0.6) is 11.5 Å². The molecule has 1 fully saturated rings. The molecule has 0 amide bonds. The molecule has 3 aromatic carbocycles. The molecule has 0 bridgehead atoms. The number of hydrogen-bond acceptors (Lipinski definition) is 7. The molecule has 0 aliphatic carbocycles. The average molecular weight is 460 g/mol. The van der Waals surface area contributed by atoms with Crippen LogP contribution in [0.2, 0.25) is 0 Å². The molecule has 0 unspecified atom stereocenters. The number of fused-ring (bicyclic) bond motifs is 1. The minimum absolute atomic E-state index is 0. The summed E-state index contributed by atoms with van der Waals surface area (Å²) in [6.45, 7) is 3.56. The van der Waals surface area contributed by atoms with E-state index in [1.807, 2.05) is 42.5 Å². The molecule has 1 aliphatic heterocycles. The van der Waals surface area contributed by atoms with Crippen LogP contribution in [0, 0.1) is 0 Å². The minimum atomic E-state index is -3.42. The smallest absolute Gasteiger partial charge is 0.177 e. The van der Waals surface area contributed by atoms with Crippen molar-refractivity contribution in [1.82, 2.24) is 5.32 Å². The van der Waals surface area contributed by atoms with Crippen LogP contribution in [-0.4, -0.2) is 60.5 Å². The second-order valence-electron chi connectivity index (χ2n) is 7.55. The topological polar surface area (TPSA) is 111 Å². The average Bonchev–Trinajstić information content (AvgIpc) is 2.78. The van der Waals surface area contributed by atoms with Gasteiger partial charge in [0.1, 0.15) is 0 Å². The fourth-order valence-corrected chi connectivity index (χ4v) is 4.74. The molecule has 0 aromatic heterocycles. The lowest BCUT2D eigenvalue weighted by Gasteiger charge is -2.30. The first-order valence-electron chi connectivity index (χ1n) is 10.1. The van der Waals surface area contributed by atoms with Gasteiger partial charge in [-0.25, -0.2) is 8.42 Å². The van der Waals surface area contributed by atoms with Gasteiger partial charge in [-0.1, -0.05) is 12.1 Å². The van der Waals surface area contributed by atoms with Gasteiger partial charge in [0.15, 0.2) is 21.3 Å². The summed E-state index contributed by atoms with van der Waals surface area (Å²) in [4.78, 5) is 2.52. The van der Waals surface area contributed by atoms with Gasteiger partial charge in [-0.05, 0) is 41.8 Å². The Hall–Kier alpha value is -3.01. The minimum Gasteiger partial charge on any atom is -0.493 e. The number of rotatable bonds is 6. The van der Waals surface area contributed by atoms with Gasteiger partial charge in [0.2, 0.25) is 0 Å². The van der Waals surface area contributed by atoms with E-state index in [1.54, 1.807) is 20.3 Å². The van der Waals surface area contributed by atoms with E-state index in [0.717, 1.165) is 48.3 Å². The molecule has 1 aliphatic rings. The maximum absolute atomic E-state index is 12.5. The Labute approximate surface area is 188 Å². The number of piperazine rings is 1. The highest BCUT2D eigenvalue weighted by atomic mass is 32.2. The zero-order valence-corrected chi connectivity index (χ0v) is 19.3. The van der Waals surface area contributed by atoms with Crippen LogP contribution in [0.15, 0.2) is 53.4 Å². The van der Waals surface area contributed by atoms with Crippen LogP contribution in [0.3, 0.4) is 0 Å². The third-order valence-electron chi connectivity index (χ3n) is 5.50. The number of ether oxygens (including phenoxy) is 2. The van der Waals surface area contributed by atoms with E-state index in [2.05, 4.69) is 15.5 Å². The maximum atomic E-state index is 12.5. The van der Waals surface area contributed by atoms with Crippen molar-refractivity contribution in [2.45, 2.75) is 4.90 Å². The molecule has 9 heteroatoms. The van der Waals surface area contributed by atoms with E-state index in [0.29, 0.717) is 17.2 Å². The molecular weight excluding hydrogens is 430 g/mol. The lowest BCUT2D eigenvalue weighted by atomic mass is 10.1. The van der Waals surface area contributed by atoms with Gasteiger partial charge in [0.05, 0.1) is 24.8 Å². The third kappa shape index (κ3) is 4.74. The zero-order valence-electron chi connectivity index (χ0n) is 18.4. The maximum Gasteiger partial charge on any atom is 0.177 e. The summed E-state index contributed by atoms with van der Waals surface area (Å²) in [6, 6.07) is 15.1. The first kappa shape index (κ1) is 23.6. The van der Waals surface area contributed by atoms with E-state index in [-0.39, 0.29) is 10.4 Å². The SMILES string of the molecule is COc1cc2cccc(Nc3cc(N4CCNCC4)ccc3S(C)(=O)=O)c2cc1OC.O. The van der Waals surface area contributed by atoms with Crippen molar-refractivity contribution in [3.8, 4) is 11.5 Å². The Morgan fingerprint density at radius 2 is 1.62 bits per heavy atom. The summed E-state index contributed by atoms with van der Waals surface area (Å²) >= 11 is 0. The Morgan fingerprint density at radius 3 is 2.28 bits per heavy atom. The molecule has 172 valence electrons. The fourth-order valence-electron chi connectivity index (χ4n) is 3.92. The standard InChI is InChI=1S/C23H27N3O4S.H2O/c1-29-21-13-16-5-4-6-19(18(16)15-22(21)30-2)25-20-14-17(26-11-9-24-10-12-26)7-8-23(20)31(3,27)28;/h4-8,13-15,24-25H,9-12H2,1-3H3;1H2. The van der Waals surface area contributed by atoms with Crippen LogP contribution >= 0.6 is 0 Å². The first-order chi connectivity index (χ1) is 14.9. The highest BCUT2D eigenvalue weighted by Gasteiger charge is 2.18. The van der Waals surface area contributed by atoms with E-state index in [4.69, 9.17) is 9.47 Å². The summed E-state index contributed by atoms with van der Waals surface area (Å²) in [5, 5.41) is 8.58. The highest BCUT2D eigenvalue weighted by Crippen LogP contribution is 2.38. The summed E-state index contributed by atoms with van der Waals surface area (Å²) in [5.74, 6) is 1.26. The predicted molar refractivity (Wildman–Crippen MR) is 129 cm³/mol. The van der Waals surface area contributed by atoms with Crippen LogP contribution < -0.4 is 25.0 Å². The summed E-state index contributed by atoms with van der Waals surface area (Å²) in [6.07, 6.45) is 1.23. The lowest BCUT2D eigenvalue weighted by molar-refractivity contribution is 0.356. The predicted octanol–water partition coefficient (Wildman–Crippen LogP) is 2.59. The summed E-state index contributed by atoms with van der Waals surface area (Å²) < 4.78 is 35.8. The molecule has 0 spiro atoms. The van der Waals surface area contributed by atoms with Crippen LogP contribution in [0.25, 0.3) is 10.8 Å². The van der Waals surface area contributed by atoms with E-state index >= 15 is 0 Å². The van der Waals surface area contributed by atoms with Crippen molar-refractivity contribution in [1.29, 1.82) is 0 Å². The number of methoxy groups -OCH3 is 2. The molecule has 32 heavy (non-hydrogen) atoms. The Balaban J connectivity index is 0.00000289. The van der Waals surface area contributed by atoms with Gasteiger partial charge < -0.3 is 30.5 Å². The van der Waals surface area contributed by atoms with Crippen molar-refractivity contribution >= 4 is 37.7 Å². The number of hydrogen-bond donors (Lipinski definition) is 2. The van der Waals surface area contributed by atoms with Gasteiger partial charge in [-0.2, -0.15) is 0 Å². The largest absolute Gasteiger partial charge is 0.493 e. The Kier molecular flexibility index (Phi) is 7.12. The van der Waals surface area contributed by atoms with Gasteiger partial charge in [0, 0.05) is 49.2 Å². The number of nitrogens with zero attached hydrogens (tertiary/aromatic N) is 1. The van der Waals surface area contributed by atoms with Crippen molar-refractivity contribution in [2.24, 2.45) is 0 Å². The van der Waals surface area contributed by atoms with Crippen molar-refractivity contribution in [2.75, 3.05) is 56.9 Å². The lowest BCUT2D eigenvalue weighted by Crippen LogP contribution is -2.43. The molecular formula is C23H29N3O5S. The van der Waals surface area contributed by atoms with Crippen LogP contribution in [-0.2, 0) is 9.84 Å². The second kappa shape index (κ2) is 9.64. The highest BCUT2D eigenvalue weighted by molar-refractivity contribution is 7.90. The second-order valence-corrected chi connectivity index (χ2v) is 9.53. The summed E-state index contributed by atoms with van der Waals surface area (Å²) in [5.41, 5.74) is 2.34. The molecule has 1 heterocycles. The molecule has 0 atom stereocenters. The molecule has 4 rings (SSSR count). The molecule has 1 saturated heterocycles. The normalized spacial score (nSPS) is 14.0. The van der Waals surface area contributed by atoms with Gasteiger partial charge in [0.25, 0.3) is 0 Å². The molecule has 3 aromatic rings. The fraction of sp³-hybridized carbons (Fsp3) is 0.304. The number of sulfone groups is 1. The Bertz CT molecular complexity index is 1210. The summed E-state index contributed by atoms with van der Waals surface area (Å²) in [7, 11) is -0.217.